The van der Waals surface area contributed by atoms with Crippen LogP contribution < -0.4 is 5.32 Å². The van der Waals surface area contributed by atoms with Crippen molar-refractivity contribution in [3.63, 3.8) is 0 Å². The Hall–Kier alpha value is -1.96. The number of carbonyl (C=O) groups excluding carboxylic acids is 2. The summed E-state index contributed by atoms with van der Waals surface area (Å²) in [6.07, 6.45) is 0.424. The first-order chi connectivity index (χ1) is 9.13. The summed E-state index contributed by atoms with van der Waals surface area (Å²) in [5, 5.41) is 10.2. The van der Waals surface area contributed by atoms with E-state index in [9.17, 15) is 9.59 Å². The van der Waals surface area contributed by atoms with E-state index in [-0.39, 0.29) is 18.1 Å². The number of methoxy groups -OCH3 is 2. The van der Waals surface area contributed by atoms with Crippen molar-refractivity contribution in [2.75, 3.05) is 27.4 Å². The first-order valence-electron chi connectivity index (χ1n) is 5.90. The van der Waals surface area contributed by atoms with Crippen LogP contribution in [-0.2, 0) is 27.2 Å². The Morgan fingerprint density at radius 3 is 2.68 bits per heavy atom. The first-order valence-corrected chi connectivity index (χ1v) is 5.90. The SMILES string of the molecule is CCNC(=O)Cn1nnc(C(=O)OC)c1CCOC. The molecule has 0 saturated heterocycles. The Morgan fingerprint density at radius 1 is 1.37 bits per heavy atom. The highest BCUT2D eigenvalue weighted by molar-refractivity contribution is 5.88. The average molecular weight is 270 g/mol. The second-order valence-electron chi connectivity index (χ2n) is 3.73. The molecule has 0 aromatic carbocycles. The van der Waals surface area contributed by atoms with Crippen molar-refractivity contribution >= 4 is 11.9 Å². The summed E-state index contributed by atoms with van der Waals surface area (Å²) in [7, 11) is 2.82. The van der Waals surface area contributed by atoms with Crippen LogP contribution in [0.1, 0.15) is 23.1 Å². The number of rotatable bonds is 7. The summed E-state index contributed by atoms with van der Waals surface area (Å²) in [5.74, 6) is -0.768. The number of ether oxygens (including phenoxy) is 2. The summed E-state index contributed by atoms with van der Waals surface area (Å²) < 4.78 is 11.0. The Kier molecular flexibility index (Phi) is 5.94. The van der Waals surface area contributed by atoms with Crippen molar-refractivity contribution in [3.8, 4) is 0 Å². The van der Waals surface area contributed by atoms with Crippen LogP contribution >= 0.6 is 0 Å². The van der Waals surface area contributed by atoms with Gasteiger partial charge in [0.1, 0.15) is 6.54 Å². The third kappa shape index (κ3) is 4.02. The van der Waals surface area contributed by atoms with Gasteiger partial charge in [0.15, 0.2) is 5.69 Å². The summed E-state index contributed by atoms with van der Waals surface area (Å²) in [6, 6.07) is 0. The zero-order chi connectivity index (χ0) is 14.3. The van der Waals surface area contributed by atoms with Gasteiger partial charge in [-0.15, -0.1) is 5.10 Å². The van der Waals surface area contributed by atoms with E-state index in [4.69, 9.17) is 4.74 Å². The van der Waals surface area contributed by atoms with E-state index in [2.05, 4.69) is 20.4 Å². The summed E-state index contributed by atoms with van der Waals surface area (Å²) in [6.45, 7) is 2.76. The summed E-state index contributed by atoms with van der Waals surface area (Å²) in [5.41, 5.74) is 0.642. The number of amides is 1. The van der Waals surface area contributed by atoms with Gasteiger partial charge in [0.05, 0.1) is 19.4 Å². The molecule has 8 nitrogen and oxygen atoms in total. The number of aromatic nitrogens is 3. The highest BCUT2D eigenvalue weighted by atomic mass is 16.5. The third-order valence-corrected chi connectivity index (χ3v) is 2.43. The van der Waals surface area contributed by atoms with Gasteiger partial charge in [-0.05, 0) is 6.92 Å². The van der Waals surface area contributed by atoms with Crippen LogP contribution in [0.3, 0.4) is 0 Å². The summed E-state index contributed by atoms with van der Waals surface area (Å²) >= 11 is 0. The van der Waals surface area contributed by atoms with Crippen molar-refractivity contribution < 1.29 is 19.1 Å². The van der Waals surface area contributed by atoms with Crippen molar-refractivity contribution in [3.05, 3.63) is 11.4 Å². The smallest absolute Gasteiger partial charge is 0.360 e. The number of esters is 1. The van der Waals surface area contributed by atoms with E-state index in [1.165, 1.54) is 11.8 Å². The molecule has 1 amide bonds. The molecule has 0 spiro atoms. The Bertz CT molecular complexity index is 444. The molecule has 0 fully saturated rings. The predicted molar refractivity (Wildman–Crippen MR) is 65.6 cm³/mol. The lowest BCUT2D eigenvalue weighted by Gasteiger charge is -2.07. The molecule has 0 unspecified atom stereocenters. The van der Waals surface area contributed by atoms with Gasteiger partial charge >= 0.3 is 5.97 Å². The third-order valence-electron chi connectivity index (χ3n) is 2.43. The maximum absolute atomic E-state index is 11.5. The lowest BCUT2D eigenvalue weighted by Crippen LogP contribution is -2.28. The lowest BCUT2D eigenvalue weighted by atomic mass is 10.2. The van der Waals surface area contributed by atoms with Gasteiger partial charge in [0.25, 0.3) is 0 Å². The molecule has 19 heavy (non-hydrogen) atoms. The number of carbonyl (C=O) groups is 2. The van der Waals surface area contributed by atoms with Crippen LogP contribution in [0.5, 0.6) is 0 Å². The Morgan fingerprint density at radius 2 is 2.11 bits per heavy atom. The highest BCUT2D eigenvalue weighted by Gasteiger charge is 2.21. The van der Waals surface area contributed by atoms with E-state index in [0.29, 0.717) is 25.3 Å². The molecule has 1 aromatic heterocycles. The Labute approximate surface area is 111 Å². The van der Waals surface area contributed by atoms with Crippen molar-refractivity contribution in [1.29, 1.82) is 0 Å². The quantitative estimate of drug-likeness (QED) is 0.664. The fourth-order valence-electron chi connectivity index (χ4n) is 1.55. The molecule has 0 atom stereocenters. The second kappa shape index (κ2) is 7.47. The van der Waals surface area contributed by atoms with E-state index in [1.54, 1.807) is 7.11 Å². The molecule has 0 aliphatic heterocycles. The molecule has 0 radical (unpaired) electrons. The van der Waals surface area contributed by atoms with Crippen molar-refractivity contribution in [1.82, 2.24) is 20.3 Å². The van der Waals surface area contributed by atoms with Gasteiger partial charge in [-0.1, -0.05) is 5.21 Å². The molecular weight excluding hydrogens is 252 g/mol. The van der Waals surface area contributed by atoms with Gasteiger partial charge in [0.2, 0.25) is 5.91 Å². The zero-order valence-corrected chi connectivity index (χ0v) is 11.3. The van der Waals surface area contributed by atoms with E-state index < -0.39 is 5.97 Å². The highest BCUT2D eigenvalue weighted by Crippen LogP contribution is 2.08. The molecule has 8 heteroatoms. The summed E-state index contributed by atoms with van der Waals surface area (Å²) in [4.78, 5) is 23.1. The number of nitrogens with one attached hydrogen (secondary N) is 1. The maximum Gasteiger partial charge on any atom is 0.360 e. The fraction of sp³-hybridized carbons (Fsp3) is 0.636. The molecule has 0 bridgehead atoms. The van der Waals surface area contributed by atoms with Gasteiger partial charge < -0.3 is 14.8 Å². The molecule has 106 valence electrons. The lowest BCUT2D eigenvalue weighted by molar-refractivity contribution is -0.121. The first kappa shape index (κ1) is 15.1. The van der Waals surface area contributed by atoms with Crippen LogP contribution in [-0.4, -0.2) is 54.2 Å². The number of hydrogen-bond donors (Lipinski definition) is 1. The van der Waals surface area contributed by atoms with Gasteiger partial charge in [-0.3, -0.25) is 4.79 Å². The molecule has 1 aromatic rings. The number of hydrogen-bond acceptors (Lipinski definition) is 6. The van der Waals surface area contributed by atoms with Crippen LogP contribution in [0.4, 0.5) is 0 Å². The van der Waals surface area contributed by atoms with Crippen LogP contribution in [0.25, 0.3) is 0 Å². The zero-order valence-electron chi connectivity index (χ0n) is 11.3. The molecule has 1 heterocycles. The van der Waals surface area contributed by atoms with Gasteiger partial charge in [-0.25, -0.2) is 9.48 Å². The van der Waals surface area contributed by atoms with E-state index in [1.807, 2.05) is 6.92 Å². The standard InChI is InChI=1S/C11H18N4O4/c1-4-12-9(16)7-15-8(5-6-18-2)10(13-14-15)11(17)19-3/h4-7H2,1-3H3,(H,12,16). The topological polar surface area (TPSA) is 95.3 Å². The Balaban J connectivity index is 2.93. The molecule has 1 N–H and O–H groups in total. The van der Waals surface area contributed by atoms with E-state index >= 15 is 0 Å². The minimum atomic E-state index is -0.576. The van der Waals surface area contributed by atoms with Crippen LogP contribution in [0, 0.1) is 0 Å². The molecule has 0 saturated carbocycles. The van der Waals surface area contributed by atoms with Gasteiger partial charge in [-0.2, -0.15) is 0 Å². The van der Waals surface area contributed by atoms with Crippen LogP contribution in [0.15, 0.2) is 0 Å². The fourth-order valence-corrected chi connectivity index (χ4v) is 1.55. The molecule has 0 aliphatic carbocycles. The largest absolute Gasteiger partial charge is 0.464 e. The predicted octanol–water partition coefficient (Wildman–Crippen LogP) is -0.610. The van der Waals surface area contributed by atoms with Crippen molar-refractivity contribution in [2.45, 2.75) is 19.9 Å². The average Bonchev–Trinajstić information content (AvgIpc) is 2.78. The number of nitrogens with zero attached hydrogens (tertiary/aromatic N) is 3. The van der Waals surface area contributed by atoms with Crippen molar-refractivity contribution in [2.24, 2.45) is 0 Å². The number of likely N-dealkylation sites (N-methyl/N-ethyl adjacent to an activating group) is 1. The molecule has 1 rings (SSSR count). The maximum atomic E-state index is 11.5. The van der Waals surface area contributed by atoms with Crippen LogP contribution in [0.2, 0.25) is 0 Å². The molecular formula is C11H18N4O4. The van der Waals surface area contributed by atoms with Gasteiger partial charge in [0, 0.05) is 20.1 Å². The monoisotopic (exact) mass is 270 g/mol. The minimum absolute atomic E-state index is 0.0108. The normalized spacial score (nSPS) is 10.3. The van der Waals surface area contributed by atoms with E-state index in [0.717, 1.165) is 0 Å². The molecule has 0 aliphatic rings. The minimum Gasteiger partial charge on any atom is -0.464 e. The second-order valence-corrected chi connectivity index (χ2v) is 3.73.